The molecule has 0 aromatic carbocycles. The van der Waals surface area contributed by atoms with Crippen molar-refractivity contribution in [1.29, 1.82) is 0 Å². The first-order valence-corrected chi connectivity index (χ1v) is 10.1. The van der Waals surface area contributed by atoms with E-state index >= 15 is 0 Å². The Bertz CT molecular complexity index is 753. The highest BCUT2D eigenvalue weighted by Gasteiger charge is 2.30. The number of carbonyl (C=O) groups excluding carboxylic acids is 1. The molecule has 1 aliphatic heterocycles. The summed E-state index contributed by atoms with van der Waals surface area (Å²) >= 11 is 1.54. The Hall–Kier alpha value is -1.73. The summed E-state index contributed by atoms with van der Waals surface area (Å²) in [5.74, 6) is 1.80. The average Bonchev–Trinajstić information content (AvgIpc) is 3.26. The SMILES string of the molecule is COCCn1ccnc1[C@@H]1CCCN(C(=O)c2sc(C(C)C)nc2C)C1. The van der Waals surface area contributed by atoms with Gasteiger partial charge in [-0.3, -0.25) is 4.79 Å². The van der Waals surface area contributed by atoms with Gasteiger partial charge in [-0.25, -0.2) is 9.97 Å². The van der Waals surface area contributed by atoms with Gasteiger partial charge in [-0.15, -0.1) is 11.3 Å². The van der Waals surface area contributed by atoms with Crippen LogP contribution in [0.25, 0.3) is 0 Å². The van der Waals surface area contributed by atoms with Crippen molar-refractivity contribution in [3.63, 3.8) is 0 Å². The monoisotopic (exact) mass is 376 g/mol. The zero-order chi connectivity index (χ0) is 18.7. The van der Waals surface area contributed by atoms with Gasteiger partial charge in [0.15, 0.2) is 0 Å². The minimum absolute atomic E-state index is 0.117. The maximum absolute atomic E-state index is 13.1. The molecule has 0 saturated carbocycles. The lowest BCUT2D eigenvalue weighted by Crippen LogP contribution is -2.39. The molecule has 2 aromatic heterocycles. The molecule has 0 N–H and O–H groups in total. The number of thiazole rings is 1. The molecule has 3 rings (SSSR count). The second-order valence-corrected chi connectivity index (χ2v) is 8.21. The Morgan fingerprint density at radius 3 is 2.96 bits per heavy atom. The van der Waals surface area contributed by atoms with Crippen LogP contribution in [0.1, 0.15) is 64.7 Å². The van der Waals surface area contributed by atoms with Gasteiger partial charge < -0.3 is 14.2 Å². The largest absolute Gasteiger partial charge is 0.383 e. The van der Waals surface area contributed by atoms with E-state index in [9.17, 15) is 4.79 Å². The van der Waals surface area contributed by atoms with E-state index in [0.717, 1.165) is 53.9 Å². The maximum atomic E-state index is 13.1. The molecule has 0 radical (unpaired) electrons. The molecule has 2 aromatic rings. The number of imidazole rings is 1. The first kappa shape index (κ1) is 19.0. The van der Waals surface area contributed by atoms with Crippen molar-refractivity contribution >= 4 is 17.2 Å². The Morgan fingerprint density at radius 1 is 1.46 bits per heavy atom. The molecule has 7 heteroatoms. The van der Waals surface area contributed by atoms with E-state index in [1.165, 1.54) is 0 Å². The molecule has 1 fully saturated rings. The van der Waals surface area contributed by atoms with Gasteiger partial charge in [-0.2, -0.15) is 0 Å². The zero-order valence-corrected chi connectivity index (χ0v) is 16.9. The van der Waals surface area contributed by atoms with E-state index in [1.807, 2.05) is 24.2 Å². The third kappa shape index (κ3) is 3.99. The molecule has 0 unspecified atom stereocenters. The van der Waals surface area contributed by atoms with Crippen LogP contribution in [0.15, 0.2) is 12.4 Å². The molecule has 6 nitrogen and oxygen atoms in total. The number of hydrogen-bond donors (Lipinski definition) is 0. The van der Waals surface area contributed by atoms with Gasteiger partial charge in [-0.05, 0) is 19.8 Å². The summed E-state index contributed by atoms with van der Waals surface area (Å²) in [6, 6.07) is 0. The number of piperidine rings is 1. The number of aryl methyl sites for hydroxylation is 1. The number of aromatic nitrogens is 3. The first-order chi connectivity index (χ1) is 12.5. The molecule has 1 amide bonds. The summed E-state index contributed by atoms with van der Waals surface area (Å²) in [7, 11) is 1.71. The Kier molecular flexibility index (Phi) is 6.09. The number of methoxy groups -OCH3 is 1. The molecule has 26 heavy (non-hydrogen) atoms. The van der Waals surface area contributed by atoms with Crippen LogP contribution in [0.4, 0.5) is 0 Å². The van der Waals surface area contributed by atoms with E-state index in [2.05, 4.69) is 28.4 Å². The normalized spacial score (nSPS) is 17.9. The highest BCUT2D eigenvalue weighted by molar-refractivity contribution is 7.13. The lowest BCUT2D eigenvalue weighted by Gasteiger charge is -2.32. The Balaban J connectivity index is 1.74. The summed E-state index contributed by atoms with van der Waals surface area (Å²) in [6.07, 6.45) is 5.90. The van der Waals surface area contributed by atoms with E-state index < -0.39 is 0 Å². The van der Waals surface area contributed by atoms with Crippen molar-refractivity contribution in [2.45, 2.75) is 52.0 Å². The van der Waals surface area contributed by atoms with E-state index in [0.29, 0.717) is 12.5 Å². The van der Waals surface area contributed by atoms with Gasteiger partial charge in [0.2, 0.25) is 0 Å². The van der Waals surface area contributed by atoms with Crippen LogP contribution in [-0.4, -0.2) is 52.1 Å². The van der Waals surface area contributed by atoms with Crippen LogP contribution in [0.2, 0.25) is 0 Å². The van der Waals surface area contributed by atoms with Crippen LogP contribution >= 0.6 is 11.3 Å². The minimum atomic E-state index is 0.117. The highest BCUT2D eigenvalue weighted by atomic mass is 32.1. The number of carbonyl (C=O) groups is 1. The van der Waals surface area contributed by atoms with Crippen LogP contribution in [0.3, 0.4) is 0 Å². The molecular weight excluding hydrogens is 348 g/mol. The van der Waals surface area contributed by atoms with Crippen LogP contribution < -0.4 is 0 Å². The number of rotatable bonds is 6. The van der Waals surface area contributed by atoms with Crippen molar-refractivity contribution in [3.8, 4) is 0 Å². The number of amides is 1. The number of likely N-dealkylation sites (tertiary alicyclic amines) is 1. The summed E-state index contributed by atoms with van der Waals surface area (Å²) in [4.78, 5) is 25.0. The smallest absolute Gasteiger partial charge is 0.265 e. The topological polar surface area (TPSA) is 60.2 Å². The molecule has 1 saturated heterocycles. The van der Waals surface area contributed by atoms with Gasteiger partial charge in [0, 0.05) is 51.0 Å². The van der Waals surface area contributed by atoms with Crippen molar-refractivity contribution in [1.82, 2.24) is 19.4 Å². The van der Waals surface area contributed by atoms with Crippen molar-refractivity contribution in [2.75, 3.05) is 26.8 Å². The van der Waals surface area contributed by atoms with Gasteiger partial charge in [0.1, 0.15) is 10.7 Å². The molecule has 0 bridgehead atoms. The lowest BCUT2D eigenvalue weighted by atomic mass is 9.97. The molecule has 1 atom stereocenters. The summed E-state index contributed by atoms with van der Waals surface area (Å²) < 4.78 is 7.34. The van der Waals surface area contributed by atoms with Gasteiger partial charge >= 0.3 is 0 Å². The van der Waals surface area contributed by atoms with Crippen molar-refractivity contribution < 1.29 is 9.53 Å². The molecule has 0 spiro atoms. The second-order valence-electron chi connectivity index (χ2n) is 7.18. The number of hydrogen-bond acceptors (Lipinski definition) is 5. The fourth-order valence-electron chi connectivity index (χ4n) is 3.44. The quantitative estimate of drug-likeness (QED) is 0.775. The van der Waals surface area contributed by atoms with E-state index in [4.69, 9.17) is 4.74 Å². The van der Waals surface area contributed by atoms with Crippen molar-refractivity contribution in [3.05, 3.63) is 33.8 Å². The number of ether oxygens (including phenoxy) is 1. The van der Waals surface area contributed by atoms with Crippen molar-refractivity contribution in [2.24, 2.45) is 0 Å². The number of nitrogens with zero attached hydrogens (tertiary/aromatic N) is 4. The Labute approximate surface area is 159 Å². The highest BCUT2D eigenvalue weighted by Crippen LogP contribution is 2.30. The van der Waals surface area contributed by atoms with Crippen LogP contribution in [0.5, 0.6) is 0 Å². The van der Waals surface area contributed by atoms with Gasteiger partial charge in [-0.1, -0.05) is 13.8 Å². The molecular formula is C19H28N4O2S. The summed E-state index contributed by atoms with van der Waals surface area (Å²) in [5.41, 5.74) is 0.854. The van der Waals surface area contributed by atoms with Crippen LogP contribution in [0, 0.1) is 6.92 Å². The maximum Gasteiger partial charge on any atom is 0.265 e. The molecule has 0 aliphatic carbocycles. The van der Waals surface area contributed by atoms with E-state index in [1.54, 1.807) is 18.4 Å². The fourth-order valence-corrected chi connectivity index (χ4v) is 4.48. The lowest BCUT2D eigenvalue weighted by molar-refractivity contribution is 0.0706. The first-order valence-electron chi connectivity index (χ1n) is 9.27. The van der Waals surface area contributed by atoms with Gasteiger partial charge in [0.25, 0.3) is 5.91 Å². The molecule has 142 valence electrons. The molecule has 1 aliphatic rings. The minimum Gasteiger partial charge on any atom is -0.383 e. The van der Waals surface area contributed by atoms with E-state index in [-0.39, 0.29) is 11.8 Å². The third-order valence-electron chi connectivity index (χ3n) is 4.86. The Morgan fingerprint density at radius 2 is 2.27 bits per heavy atom. The summed E-state index contributed by atoms with van der Waals surface area (Å²) in [5, 5.41) is 1.04. The molecule has 3 heterocycles. The zero-order valence-electron chi connectivity index (χ0n) is 16.1. The van der Waals surface area contributed by atoms with Crippen LogP contribution in [-0.2, 0) is 11.3 Å². The predicted octanol–water partition coefficient (Wildman–Crippen LogP) is 3.44. The summed E-state index contributed by atoms with van der Waals surface area (Å²) in [6.45, 7) is 9.15. The second kappa shape index (κ2) is 8.31. The van der Waals surface area contributed by atoms with Gasteiger partial charge in [0.05, 0.1) is 17.3 Å². The fraction of sp³-hybridized carbons (Fsp3) is 0.632. The standard InChI is InChI=1S/C19H28N4O2S/c1-13(2)18-21-14(3)16(26-18)19(24)23-8-5-6-15(12-23)17-20-7-9-22(17)10-11-25-4/h7,9,13,15H,5-6,8,10-12H2,1-4H3/t15-/m1/s1. The third-order valence-corrected chi connectivity index (χ3v) is 6.31. The predicted molar refractivity (Wildman–Crippen MR) is 103 cm³/mol. The average molecular weight is 377 g/mol.